The van der Waals surface area contributed by atoms with Crippen molar-refractivity contribution in [1.82, 2.24) is 0 Å². The van der Waals surface area contributed by atoms with Crippen LogP contribution in [-0.4, -0.2) is 17.5 Å². The van der Waals surface area contributed by atoms with Crippen molar-refractivity contribution < 1.29 is 23.8 Å². The molecule has 2 aliphatic heterocycles. The number of fused-ring (bicyclic) bond motifs is 2. The van der Waals surface area contributed by atoms with Gasteiger partial charge in [-0.1, -0.05) is 49.4 Å². The Hall–Kier alpha value is -3.86. The highest BCUT2D eigenvalue weighted by atomic mass is 16.5. The van der Waals surface area contributed by atoms with Crippen molar-refractivity contribution in [1.29, 1.82) is 0 Å². The summed E-state index contributed by atoms with van der Waals surface area (Å²) in [6.07, 6.45) is 3.14. The first-order chi connectivity index (χ1) is 15.6. The van der Waals surface area contributed by atoms with Crippen LogP contribution in [0.25, 0.3) is 11.1 Å². The molecule has 0 N–H and O–H groups in total. The van der Waals surface area contributed by atoms with Gasteiger partial charge in [0.25, 0.3) is 0 Å². The van der Waals surface area contributed by atoms with Gasteiger partial charge >= 0.3 is 11.9 Å². The summed E-state index contributed by atoms with van der Waals surface area (Å²) in [6, 6.07) is 20.3. The molecule has 3 aromatic rings. The Balaban J connectivity index is 1.45. The molecule has 0 spiro atoms. The molecule has 0 atom stereocenters. The third-order valence-electron chi connectivity index (χ3n) is 6.43. The van der Waals surface area contributed by atoms with Gasteiger partial charge in [-0.05, 0) is 54.7 Å². The van der Waals surface area contributed by atoms with Crippen molar-refractivity contribution in [2.75, 3.05) is 0 Å². The number of hydrogen-bond donors (Lipinski definition) is 0. The first-order valence-corrected chi connectivity index (χ1v) is 10.8. The molecular formula is C27H20O5. The number of esters is 2. The fourth-order valence-electron chi connectivity index (χ4n) is 4.40. The van der Waals surface area contributed by atoms with E-state index in [0.29, 0.717) is 33.1 Å². The Morgan fingerprint density at radius 1 is 0.781 bits per heavy atom. The highest BCUT2D eigenvalue weighted by Gasteiger charge is 2.43. The van der Waals surface area contributed by atoms with Crippen LogP contribution < -0.4 is 24.6 Å². The Kier molecular flexibility index (Phi) is 4.02. The van der Waals surface area contributed by atoms with Crippen LogP contribution in [0.15, 0.2) is 66.7 Å². The molecule has 3 aromatic carbocycles. The predicted octanol–water partition coefficient (Wildman–Crippen LogP) is 3.24. The third-order valence-corrected chi connectivity index (χ3v) is 6.43. The summed E-state index contributed by atoms with van der Waals surface area (Å²) in [4.78, 5) is 25.3. The molecule has 1 aliphatic carbocycles. The maximum Gasteiger partial charge on any atom is 0.344 e. The molecule has 5 nitrogen and oxygen atoms in total. The van der Waals surface area contributed by atoms with E-state index in [-0.39, 0.29) is 5.60 Å². The van der Waals surface area contributed by atoms with Crippen molar-refractivity contribution in [3.63, 3.8) is 0 Å². The first kappa shape index (κ1) is 18.9. The molecule has 0 aromatic heterocycles. The van der Waals surface area contributed by atoms with E-state index in [0.717, 1.165) is 36.1 Å². The fraction of sp³-hybridized carbons (Fsp3) is 0.185. The van der Waals surface area contributed by atoms with E-state index in [2.05, 4.69) is 6.92 Å². The smallest absolute Gasteiger partial charge is 0.344 e. The monoisotopic (exact) mass is 424 g/mol. The van der Waals surface area contributed by atoms with Gasteiger partial charge in [-0.2, -0.15) is 0 Å². The minimum Gasteiger partial charge on any atom is -0.487 e. The van der Waals surface area contributed by atoms with Crippen molar-refractivity contribution in [3.05, 3.63) is 88.3 Å². The highest BCUT2D eigenvalue weighted by molar-refractivity contribution is 6.21. The molecule has 0 unspecified atom stereocenters. The molecule has 1 saturated carbocycles. The van der Waals surface area contributed by atoms with Crippen LogP contribution in [0.4, 0.5) is 0 Å². The normalized spacial score (nSPS) is 17.5. The molecule has 1 fully saturated rings. The molecule has 0 saturated heterocycles. The lowest BCUT2D eigenvalue weighted by Crippen LogP contribution is -2.16. The van der Waals surface area contributed by atoms with Crippen LogP contribution in [0.5, 0.6) is 17.2 Å². The minimum atomic E-state index is -0.419. The number of benzene rings is 3. The summed E-state index contributed by atoms with van der Waals surface area (Å²) in [7, 11) is 0. The van der Waals surface area contributed by atoms with Gasteiger partial charge in [0.15, 0.2) is 0 Å². The van der Waals surface area contributed by atoms with E-state index >= 15 is 0 Å². The molecular weight excluding hydrogens is 404 g/mol. The lowest BCUT2D eigenvalue weighted by Gasteiger charge is -2.16. The Bertz CT molecular complexity index is 1400. The third kappa shape index (κ3) is 2.93. The molecule has 0 bridgehead atoms. The quantitative estimate of drug-likeness (QED) is 0.465. The van der Waals surface area contributed by atoms with Crippen LogP contribution in [0.3, 0.4) is 0 Å². The van der Waals surface area contributed by atoms with Gasteiger partial charge < -0.3 is 14.2 Å². The van der Waals surface area contributed by atoms with E-state index in [9.17, 15) is 9.59 Å². The van der Waals surface area contributed by atoms with Crippen molar-refractivity contribution >= 4 is 23.1 Å². The van der Waals surface area contributed by atoms with Crippen molar-refractivity contribution in [3.8, 4) is 17.2 Å². The van der Waals surface area contributed by atoms with Crippen LogP contribution in [0.1, 0.15) is 37.3 Å². The average Bonchev–Trinajstić information content (AvgIpc) is 3.40. The van der Waals surface area contributed by atoms with Gasteiger partial charge in [-0.25, -0.2) is 9.59 Å². The van der Waals surface area contributed by atoms with Crippen LogP contribution in [0.2, 0.25) is 0 Å². The van der Waals surface area contributed by atoms with E-state index < -0.39 is 11.9 Å². The topological polar surface area (TPSA) is 61.8 Å². The molecule has 5 heteroatoms. The van der Waals surface area contributed by atoms with Gasteiger partial charge in [0, 0.05) is 10.4 Å². The zero-order valence-electron chi connectivity index (χ0n) is 17.5. The van der Waals surface area contributed by atoms with Gasteiger partial charge in [0.1, 0.15) is 22.8 Å². The number of ether oxygens (including phenoxy) is 3. The highest BCUT2D eigenvalue weighted by Crippen LogP contribution is 2.43. The zero-order valence-corrected chi connectivity index (χ0v) is 17.5. The first-order valence-electron chi connectivity index (χ1n) is 10.8. The van der Waals surface area contributed by atoms with E-state index in [1.165, 1.54) is 0 Å². The maximum absolute atomic E-state index is 12.7. The minimum absolute atomic E-state index is 0.0229. The second-order valence-corrected chi connectivity index (χ2v) is 8.40. The molecule has 6 rings (SSSR count). The lowest BCUT2D eigenvalue weighted by molar-refractivity contribution is -0.128. The van der Waals surface area contributed by atoms with E-state index in [1.54, 1.807) is 12.1 Å². The van der Waals surface area contributed by atoms with Crippen LogP contribution in [0, 0.1) is 0 Å². The molecule has 32 heavy (non-hydrogen) atoms. The zero-order chi connectivity index (χ0) is 21.9. The standard InChI is InChI=1S/C27H20O5/c1-2-27(12-13-27)32-18-10-8-17(9-11-18)24-20-15-21-19(14-22(20)31-26(24)29)23(25(28)30-21)16-6-4-3-5-7-16/h3-11,14-15H,2,12-13H2,1H3. The Labute approximate surface area is 184 Å². The predicted molar refractivity (Wildman–Crippen MR) is 118 cm³/mol. The molecule has 0 radical (unpaired) electrons. The van der Waals surface area contributed by atoms with E-state index in [4.69, 9.17) is 14.2 Å². The largest absolute Gasteiger partial charge is 0.487 e. The lowest BCUT2D eigenvalue weighted by atomic mass is 10.0. The van der Waals surface area contributed by atoms with Gasteiger partial charge in [-0.15, -0.1) is 0 Å². The fourth-order valence-corrected chi connectivity index (χ4v) is 4.40. The molecule has 158 valence electrons. The van der Waals surface area contributed by atoms with E-state index in [1.807, 2.05) is 54.6 Å². The summed E-state index contributed by atoms with van der Waals surface area (Å²) >= 11 is 0. The van der Waals surface area contributed by atoms with Gasteiger partial charge in [0.05, 0.1) is 11.1 Å². The summed E-state index contributed by atoms with van der Waals surface area (Å²) < 4.78 is 17.2. The van der Waals surface area contributed by atoms with Crippen LogP contribution in [-0.2, 0) is 9.59 Å². The van der Waals surface area contributed by atoms with Gasteiger partial charge in [-0.3, -0.25) is 0 Å². The molecule has 2 heterocycles. The SMILES string of the molecule is CCC1(Oc2ccc(C3=c4cc5c(cc4OC3=O)=C(c3ccccc3)C(=O)O5)cc2)CC1. The van der Waals surface area contributed by atoms with Crippen molar-refractivity contribution in [2.24, 2.45) is 0 Å². The van der Waals surface area contributed by atoms with Crippen molar-refractivity contribution in [2.45, 2.75) is 31.8 Å². The maximum atomic E-state index is 12.7. The van der Waals surface area contributed by atoms with Gasteiger partial charge in [0.2, 0.25) is 0 Å². The summed E-state index contributed by atoms with van der Waals surface area (Å²) in [5.74, 6) is 0.831. The summed E-state index contributed by atoms with van der Waals surface area (Å²) in [5, 5.41) is 1.25. The number of carbonyl (C=O) groups excluding carboxylic acids is 2. The number of carbonyl (C=O) groups is 2. The average molecular weight is 424 g/mol. The second kappa shape index (κ2) is 6.82. The summed E-state index contributed by atoms with van der Waals surface area (Å²) in [6.45, 7) is 2.13. The molecule has 3 aliphatic rings. The Morgan fingerprint density at radius 2 is 1.31 bits per heavy atom. The Morgan fingerprint density at radius 3 is 1.81 bits per heavy atom. The molecule has 0 amide bonds. The van der Waals surface area contributed by atoms with Crippen LogP contribution >= 0.6 is 0 Å². The second-order valence-electron chi connectivity index (χ2n) is 8.40. The summed E-state index contributed by atoms with van der Waals surface area (Å²) in [5.41, 5.74) is 2.40. The number of hydrogen-bond acceptors (Lipinski definition) is 5. The number of rotatable bonds is 5.